The van der Waals surface area contributed by atoms with Gasteiger partial charge in [0.05, 0.1) is 15.7 Å². The van der Waals surface area contributed by atoms with Crippen molar-refractivity contribution in [1.29, 1.82) is 0 Å². The largest absolute Gasteiger partial charge is 0.276 e. The normalized spacial score (nSPS) is 10.9. The molecule has 0 aliphatic carbocycles. The van der Waals surface area contributed by atoms with Gasteiger partial charge in [-0.2, -0.15) is 5.10 Å². The van der Waals surface area contributed by atoms with Crippen molar-refractivity contribution in [2.45, 2.75) is 19.8 Å². The van der Waals surface area contributed by atoms with E-state index in [-0.39, 0.29) is 0 Å². The number of nitrogens with zero attached hydrogens (tertiary/aromatic N) is 1. The first kappa shape index (κ1) is 12.6. The summed E-state index contributed by atoms with van der Waals surface area (Å²) in [5.41, 5.74) is 3.37. The number of hydrazone groups is 1. The summed E-state index contributed by atoms with van der Waals surface area (Å²) in [5, 5.41) is 5.42. The summed E-state index contributed by atoms with van der Waals surface area (Å²) in [6.45, 7) is 2.08. The summed E-state index contributed by atoms with van der Waals surface area (Å²) in [6.07, 6.45) is 3.74. The maximum atomic E-state index is 5.94. The molecule has 1 aromatic carbocycles. The summed E-state index contributed by atoms with van der Waals surface area (Å²) < 4.78 is 0. The van der Waals surface area contributed by atoms with Crippen LogP contribution in [0.25, 0.3) is 0 Å². The molecule has 5 heteroatoms. The van der Waals surface area contributed by atoms with Gasteiger partial charge in [0, 0.05) is 11.2 Å². The van der Waals surface area contributed by atoms with Crippen molar-refractivity contribution in [3.63, 3.8) is 0 Å². The molecule has 1 N–H and O–H groups in total. The molecule has 1 rings (SSSR count). The van der Waals surface area contributed by atoms with Gasteiger partial charge in [-0.25, -0.2) is 0 Å². The highest BCUT2D eigenvalue weighted by Gasteiger charge is 2.06. The number of unbranched alkanes of at least 4 members (excludes halogenated alkanes) is 1. The van der Waals surface area contributed by atoms with Crippen LogP contribution < -0.4 is 5.43 Å². The second-order valence-electron chi connectivity index (χ2n) is 2.96. The Labute approximate surface area is 104 Å². The van der Waals surface area contributed by atoms with Crippen molar-refractivity contribution in [1.82, 2.24) is 0 Å². The highest BCUT2D eigenvalue weighted by Crippen LogP contribution is 2.33. The van der Waals surface area contributed by atoms with Crippen LogP contribution in [0.4, 0.5) is 5.69 Å². The van der Waals surface area contributed by atoms with E-state index in [4.69, 9.17) is 34.8 Å². The molecule has 0 saturated carbocycles. The van der Waals surface area contributed by atoms with E-state index < -0.39 is 0 Å². The zero-order valence-electron chi connectivity index (χ0n) is 8.23. The quantitative estimate of drug-likeness (QED) is 0.611. The van der Waals surface area contributed by atoms with E-state index in [1.807, 2.05) is 0 Å². The summed E-state index contributed by atoms with van der Waals surface area (Å²) >= 11 is 17.7. The minimum Gasteiger partial charge on any atom is -0.276 e. The van der Waals surface area contributed by atoms with Gasteiger partial charge in [0.25, 0.3) is 0 Å². The lowest BCUT2D eigenvalue weighted by Crippen LogP contribution is -1.91. The number of anilines is 1. The number of benzene rings is 1. The van der Waals surface area contributed by atoms with Crippen molar-refractivity contribution in [3.05, 3.63) is 27.2 Å². The molecule has 0 radical (unpaired) electrons. The highest BCUT2D eigenvalue weighted by molar-refractivity contribution is 6.41. The van der Waals surface area contributed by atoms with Gasteiger partial charge >= 0.3 is 0 Å². The zero-order chi connectivity index (χ0) is 11.3. The monoisotopic (exact) mass is 264 g/mol. The Balaban J connectivity index is 2.77. The van der Waals surface area contributed by atoms with E-state index in [1.54, 1.807) is 18.3 Å². The van der Waals surface area contributed by atoms with Crippen LogP contribution >= 0.6 is 34.8 Å². The molecule has 0 unspecified atom stereocenters. The van der Waals surface area contributed by atoms with Crippen LogP contribution in [-0.4, -0.2) is 6.21 Å². The standard InChI is InChI=1S/C10H11Cl3N2/c1-2-3-4-14-15-10-8(12)5-7(11)6-9(10)13/h4-6,15H,2-3H2,1H3. The van der Waals surface area contributed by atoms with Gasteiger partial charge in [0.1, 0.15) is 0 Å². The molecule has 0 amide bonds. The van der Waals surface area contributed by atoms with Gasteiger partial charge in [-0.05, 0) is 18.6 Å². The molecule has 0 atom stereocenters. The third-order valence-electron chi connectivity index (χ3n) is 1.69. The van der Waals surface area contributed by atoms with Crippen LogP contribution in [-0.2, 0) is 0 Å². The van der Waals surface area contributed by atoms with E-state index in [2.05, 4.69) is 17.5 Å². The second-order valence-corrected chi connectivity index (χ2v) is 4.21. The first-order valence-corrected chi connectivity index (χ1v) is 5.70. The van der Waals surface area contributed by atoms with Gasteiger partial charge in [0.2, 0.25) is 0 Å². The number of halogens is 3. The highest BCUT2D eigenvalue weighted by atomic mass is 35.5. The molecule has 15 heavy (non-hydrogen) atoms. The third-order valence-corrected chi connectivity index (χ3v) is 2.51. The summed E-state index contributed by atoms with van der Waals surface area (Å²) in [6, 6.07) is 3.24. The van der Waals surface area contributed by atoms with Crippen LogP contribution in [0.3, 0.4) is 0 Å². The zero-order valence-corrected chi connectivity index (χ0v) is 10.5. The Hall–Kier alpha value is -0.440. The molecule has 82 valence electrons. The lowest BCUT2D eigenvalue weighted by molar-refractivity contribution is 1.00. The van der Waals surface area contributed by atoms with E-state index in [0.29, 0.717) is 20.8 Å². The molecule has 0 bridgehead atoms. The fourth-order valence-corrected chi connectivity index (χ4v) is 1.85. The Bertz CT molecular complexity index is 341. The molecule has 0 fully saturated rings. The Morgan fingerprint density at radius 1 is 1.27 bits per heavy atom. The number of rotatable bonds is 4. The van der Waals surface area contributed by atoms with Gasteiger partial charge in [0.15, 0.2) is 0 Å². The Morgan fingerprint density at radius 3 is 2.40 bits per heavy atom. The fraction of sp³-hybridized carbons (Fsp3) is 0.300. The van der Waals surface area contributed by atoms with Crippen LogP contribution in [0, 0.1) is 0 Å². The van der Waals surface area contributed by atoms with Crippen molar-refractivity contribution in [3.8, 4) is 0 Å². The number of hydrogen-bond donors (Lipinski definition) is 1. The maximum Gasteiger partial charge on any atom is 0.0935 e. The fourth-order valence-electron chi connectivity index (χ4n) is 0.953. The van der Waals surface area contributed by atoms with Gasteiger partial charge in [-0.15, -0.1) is 0 Å². The van der Waals surface area contributed by atoms with Crippen LogP contribution in [0.5, 0.6) is 0 Å². The van der Waals surface area contributed by atoms with E-state index in [9.17, 15) is 0 Å². The molecular weight excluding hydrogens is 254 g/mol. The molecule has 1 aromatic rings. The Morgan fingerprint density at radius 2 is 1.87 bits per heavy atom. The maximum absolute atomic E-state index is 5.94. The topological polar surface area (TPSA) is 24.4 Å². The van der Waals surface area contributed by atoms with E-state index in [1.165, 1.54) is 0 Å². The third kappa shape index (κ3) is 3.90. The second kappa shape index (κ2) is 6.21. The summed E-state index contributed by atoms with van der Waals surface area (Å²) in [5.74, 6) is 0. The van der Waals surface area contributed by atoms with E-state index >= 15 is 0 Å². The van der Waals surface area contributed by atoms with Crippen LogP contribution in [0.1, 0.15) is 19.8 Å². The summed E-state index contributed by atoms with van der Waals surface area (Å²) in [4.78, 5) is 0. The van der Waals surface area contributed by atoms with Crippen LogP contribution in [0.15, 0.2) is 17.2 Å². The van der Waals surface area contributed by atoms with Crippen molar-refractivity contribution in [2.75, 3.05) is 5.43 Å². The minimum atomic E-state index is 0.459. The average molecular weight is 266 g/mol. The first-order valence-electron chi connectivity index (χ1n) is 4.57. The lowest BCUT2D eigenvalue weighted by atomic mass is 10.3. The first-order chi connectivity index (χ1) is 7.15. The van der Waals surface area contributed by atoms with E-state index in [0.717, 1.165) is 12.8 Å². The molecule has 2 nitrogen and oxygen atoms in total. The molecule has 0 aliphatic rings. The molecular formula is C10H11Cl3N2. The van der Waals surface area contributed by atoms with Gasteiger partial charge < -0.3 is 0 Å². The Kier molecular flexibility index (Phi) is 5.23. The van der Waals surface area contributed by atoms with Crippen molar-refractivity contribution in [2.24, 2.45) is 5.10 Å². The molecule has 0 saturated heterocycles. The molecule has 0 spiro atoms. The van der Waals surface area contributed by atoms with Gasteiger partial charge in [-0.3, -0.25) is 5.43 Å². The summed E-state index contributed by atoms with van der Waals surface area (Å²) in [7, 11) is 0. The predicted molar refractivity (Wildman–Crippen MR) is 68.5 cm³/mol. The molecule has 0 heterocycles. The lowest BCUT2D eigenvalue weighted by Gasteiger charge is -2.06. The van der Waals surface area contributed by atoms with Crippen molar-refractivity contribution < 1.29 is 0 Å². The molecule has 0 aromatic heterocycles. The SMILES string of the molecule is CCCC=NNc1c(Cl)cc(Cl)cc1Cl. The molecule has 0 aliphatic heterocycles. The van der Waals surface area contributed by atoms with Gasteiger partial charge in [-0.1, -0.05) is 48.1 Å². The minimum absolute atomic E-state index is 0.459. The average Bonchev–Trinajstić information content (AvgIpc) is 2.15. The predicted octanol–water partition coefficient (Wildman–Crippen LogP) is 4.84. The number of nitrogens with one attached hydrogen (secondary N) is 1. The smallest absolute Gasteiger partial charge is 0.0935 e. The van der Waals surface area contributed by atoms with Crippen molar-refractivity contribution >= 4 is 46.7 Å². The van der Waals surface area contributed by atoms with Crippen LogP contribution in [0.2, 0.25) is 15.1 Å². The number of hydrogen-bond acceptors (Lipinski definition) is 2.